The highest BCUT2D eigenvalue weighted by molar-refractivity contribution is 5.78. The van der Waals surface area contributed by atoms with Crippen LogP contribution < -0.4 is 4.90 Å². The smallest absolute Gasteiger partial charge is 0.407 e. The van der Waals surface area contributed by atoms with Crippen molar-refractivity contribution >= 4 is 22.9 Å². The number of aromatic nitrogens is 2. The summed E-state index contributed by atoms with van der Waals surface area (Å²) in [7, 11) is 0. The van der Waals surface area contributed by atoms with Gasteiger partial charge in [-0.3, -0.25) is 4.90 Å². The maximum absolute atomic E-state index is 11.3. The van der Waals surface area contributed by atoms with E-state index in [1.807, 2.05) is 44.3 Å². The number of carboxylic acid groups (broad SMARTS) is 1. The molecule has 1 saturated heterocycles. The zero-order chi connectivity index (χ0) is 15.0. The highest BCUT2D eigenvalue weighted by atomic mass is 16.4. The third-order valence-electron chi connectivity index (χ3n) is 3.90. The molecule has 21 heavy (non-hydrogen) atoms. The van der Waals surface area contributed by atoms with Crippen LogP contribution in [0, 0.1) is 0 Å². The van der Waals surface area contributed by atoms with Gasteiger partial charge in [0.05, 0.1) is 17.6 Å². The number of carbonyl (C=O) groups is 1. The highest BCUT2D eigenvalue weighted by Gasteiger charge is 2.33. The van der Waals surface area contributed by atoms with E-state index < -0.39 is 6.09 Å². The Hall–Kier alpha value is -2.37. The molecule has 1 amide bonds. The molecule has 2 heterocycles. The van der Waals surface area contributed by atoms with Crippen LogP contribution in [-0.2, 0) is 0 Å². The van der Waals surface area contributed by atoms with E-state index in [1.54, 1.807) is 0 Å². The number of amides is 1. The molecule has 2 aromatic rings. The Morgan fingerprint density at radius 2 is 1.90 bits per heavy atom. The van der Waals surface area contributed by atoms with Crippen LogP contribution in [0.15, 0.2) is 30.5 Å². The Morgan fingerprint density at radius 1 is 1.24 bits per heavy atom. The molecule has 0 unspecified atom stereocenters. The molecule has 110 valence electrons. The predicted molar refractivity (Wildman–Crippen MR) is 80.5 cm³/mol. The van der Waals surface area contributed by atoms with Gasteiger partial charge in [0, 0.05) is 24.7 Å². The number of piperazine rings is 1. The zero-order valence-corrected chi connectivity index (χ0v) is 12.1. The first-order valence-electron chi connectivity index (χ1n) is 7.04. The summed E-state index contributed by atoms with van der Waals surface area (Å²) in [5.41, 5.74) is 0.906. The van der Waals surface area contributed by atoms with Crippen LogP contribution in [0.3, 0.4) is 0 Å². The van der Waals surface area contributed by atoms with Crippen LogP contribution >= 0.6 is 0 Å². The molecular weight excluding hydrogens is 268 g/mol. The van der Waals surface area contributed by atoms with Crippen molar-refractivity contribution in [3.63, 3.8) is 0 Å². The van der Waals surface area contributed by atoms with Crippen molar-refractivity contribution in [2.24, 2.45) is 0 Å². The van der Waals surface area contributed by atoms with Gasteiger partial charge in [0.15, 0.2) is 0 Å². The van der Waals surface area contributed by atoms with E-state index in [4.69, 9.17) is 0 Å². The summed E-state index contributed by atoms with van der Waals surface area (Å²) in [6.07, 6.45) is 0.949. The van der Waals surface area contributed by atoms with Crippen molar-refractivity contribution in [3.05, 3.63) is 30.5 Å². The number of benzene rings is 1. The zero-order valence-electron chi connectivity index (χ0n) is 12.1. The Bertz CT molecular complexity index is 664. The lowest BCUT2D eigenvalue weighted by Gasteiger charge is -2.42. The first-order chi connectivity index (χ1) is 10.1. The summed E-state index contributed by atoms with van der Waals surface area (Å²) in [6.45, 7) is 5.04. The van der Waals surface area contributed by atoms with Crippen molar-refractivity contribution < 1.29 is 9.90 Å². The fourth-order valence-electron chi connectivity index (χ4n) is 2.98. The number of rotatable bonds is 1. The largest absolute Gasteiger partial charge is 0.465 e. The summed E-state index contributed by atoms with van der Waals surface area (Å²) in [6, 6.07) is 7.68. The van der Waals surface area contributed by atoms with Crippen molar-refractivity contribution in [1.29, 1.82) is 0 Å². The van der Waals surface area contributed by atoms with Gasteiger partial charge in [-0.1, -0.05) is 18.2 Å². The van der Waals surface area contributed by atoms with Gasteiger partial charge in [0.25, 0.3) is 0 Å². The molecule has 1 aromatic heterocycles. The Labute approximate surface area is 123 Å². The Morgan fingerprint density at radius 3 is 2.57 bits per heavy atom. The summed E-state index contributed by atoms with van der Waals surface area (Å²) in [5, 5.41) is 10.3. The fourth-order valence-corrected chi connectivity index (χ4v) is 2.98. The molecule has 1 aromatic carbocycles. The van der Waals surface area contributed by atoms with Gasteiger partial charge in [-0.05, 0) is 19.9 Å². The molecule has 0 spiro atoms. The second kappa shape index (κ2) is 5.20. The minimum absolute atomic E-state index is 0.0821. The van der Waals surface area contributed by atoms with Gasteiger partial charge < -0.3 is 10.0 Å². The molecule has 6 heteroatoms. The standard InChI is InChI=1S/C15H18N4O2/c1-10-8-18(9-11(2)19(10)15(20)21)14-16-7-12-5-3-4-6-13(12)17-14/h3-7,10-11H,8-9H2,1-2H3,(H,20,21)/t10-,11+. The summed E-state index contributed by atoms with van der Waals surface area (Å²) in [4.78, 5) is 23.8. The van der Waals surface area contributed by atoms with Gasteiger partial charge in [-0.15, -0.1) is 0 Å². The minimum atomic E-state index is -0.867. The number of nitrogens with zero attached hydrogens (tertiary/aromatic N) is 4. The van der Waals surface area contributed by atoms with E-state index in [9.17, 15) is 9.90 Å². The number of hydrogen-bond acceptors (Lipinski definition) is 4. The highest BCUT2D eigenvalue weighted by Crippen LogP contribution is 2.21. The molecule has 3 rings (SSSR count). The van der Waals surface area contributed by atoms with E-state index in [1.165, 1.54) is 4.90 Å². The predicted octanol–water partition coefficient (Wildman–Crippen LogP) is 2.21. The molecule has 0 aliphatic carbocycles. The number of anilines is 1. The average Bonchev–Trinajstić information content (AvgIpc) is 2.45. The monoisotopic (exact) mass is 286 g/mol. The van der Waals surface area contributed by atoms with Crippen molar-refractivity contribution in [3.8, 4) is 0 Å². The Balaban J connectivity index is 1.88. The van der Waals surface area contributed by atoms with Gasteiger partial charge >= 0.3 is 6.09 Å². The molecule has 0 bridgehead atoms. The third-order valence-corrected chi connectivity index (χ3v) is 3.90. The maximum atomic E-state index is 11.3. The van der Waals surface area contributed by atoms with Gasteiger partial charge in [0.1, 0.15) is 0 Å². The van der Waals surface area contributed by atoms with Gasteiger partial charge in [-0.25, -0.2) is 14.8 Å². The van der Waals surface area contributed by atoms with Crippen LogP contribution in [0.25, 0.3) is 10.9 Å². The first kappa shape index (κ1) is 13.6. The van der Waals surface area contributed by atoms with E-state index in [0.29, 0.717) is 19.0 Å². The van der Waals surface area contributed by atoms with Crippen molar-refractivity contribution in [1.82, 2.24) is 14.9 Å². The number of fused-ring (bicyclic) bond motifs is 1. The molecule has 1 aliphatic rings. The summed E-state index contributed by atoms with van der Waals surface area (Å²) >= 11 is 0. The van der Waals surface area contributed by atoms with Crippen LogP contribution in [0.2, 0.25) is 0 Å². The number of para-hydroxylation sites is 1. The topological polar surface area (TPSA) is 69.6 Å². The molecule has 0 radical (unpaired) electrons. The lowest BCUT2D eigenvalue weighted by Crippen LogP contribution is -2.58. The maximum Gasteiger partial charge on any atom is 0.407 e. The lowest BCUT2D eigenvalue weighted by atomic mass is 10.1. The average molecular weight is 286 g/mol. The van der Waals surface area contributed by atoms with E-state index in [-0.39, 0.29) is 12.1 Å². The van der Waals surface area contributed by atoms with Crippen LogP contribution in [0.1, 0.15) is 13.8 Å². The summed E-state index contributed by atoms with van der Waals surface area (Å²) in [5.74, 6) is 0.664. The van der Waals surface area contributed by atoms with E-state index >= 15 is 0 Å². The molecule has 2 atom stereocenters. The van der Waals surface area contributed by atoms with E-state index in [0.717, 1.165) is 10.9 Å². The quantitative estimate of drug-likeness (QED) is 0.870. The molecular formula is C15H18N4O2. The second-order valence-electron chi connectivity index (χ2n) is 5.52. The van der Waals surface area contributed by atoms with Crippen molar-refractivity contribution in [2.75, 3.05) is 18.0 Å². The second-order valence-corrected chi connectivity index (χ2v) is 5.52. The molecule has 0 saturated carbocycles. The molecule has 6 nitrogen and oxygen atoms in total. The van der Waals surface area contributed by atoms with Crippen LogP contribution in [0.5, 0.6) is 0 Å². The number of hydrogen-bond donors (Lipinski definition) is 1. The van der Waals surface area contributed by atoms with Crippen LogP contribution in [0.4, 0.5) is 10.7 Å². The SMILES string of the molecule is C[C@@H]1CN(c2ncc3ccccc3n2)C[C@H](C)N1C(=O)O. The Kier molecular flexibility index (Phi) is 3.37. The van der Waals surface area contributed by atoms with Crippen molar-refractivity contribution in [2.45, 2.75) is 25.9 Å². The minimum Gasteiger partial charge on any atom is -0.465 e. The third kappa shape index (κ3) is 2.49. The van der Waals surface area contributed by atoms with E-state index in [2.05, 4.69) is 14.9 Å². The lowest BCUT2D eigenvalue weighted by molar-refractivity contribution is 0.0979. The summed E-state index contributed by atoms with van der Waals surface area (Å²) < 4.78 is 0. The molecule has 1 N–H and O–H groups in total. The van der Waals surface area contributed by atoms with Crippen LogP contribution in [-0.4, -0.2) is 51.2 Å². The normalized spacial score (nSPS) is 22.6. The fraction of sp³-hybridized carbons (Fsp3) is 0.400. The first-order valence-corrected chi connectivity index (χ1v) is 7.04. The van der Waals surface area contributed by atoms with Gasteiger partial charge in [0.2, 0.25) is 5.95 Å². The van der Waals surface area contributed by atoms with Gasteiger partial charge in [-0.2, -0.15) is 0 Å². The molecule has 1 fully saturated rings. The molecule has 1 aliphatic heterocycles.